The van der Waals surface area contributed by atoms with E-state index in [0.29, 0.717) is 18.4 Å². The van der Waals surface area contributed by atoms with Crippen LogP contribution in [0.5, 0.6) is 0 Å². The van der Waals surface area contributed by atoms with Gasteiger partial charge in [-0.25, -0.2) is 9.97 Å². The highest BCUT2D eigenvalue weighted by atomic mass is 32.2. The van der Waals surface area contributed by atoms with Gasteiger partial charge in [0.05, 0.1) is 0 Å². The smallest absolute Gasteiger partial charge is 0.222 e. The zero-order valence-electron chi connectivity index (χ0n) is 8.53. The first-order valence-corrected chi connectivity index (χ1v) is 5.78. The molecule has 0 bridgehead atoms. The number of thioether (sulfide) groups is 1. The highest BCUT2D eigenvalue weighted by Gasteiger charge is 2.00. The quantitative estimate of drug-likeness (QED) is 0.718. The summed E-state index contributed by atoms with van der Waals surface area (Å²) in [6.45, 7) is 3.58. The lowest BCUT2D eigenvalue weighted by atomic mass is 10.2. The molecule has 5 heteroatoms. The summed E-state index contributed by atoms with van der Waals surface area (Å²) in [7, 11) is 0. The molecule has 1 aromatic heterocycles. The summed E-state index contributed by atoms with van der Waals surface area (Å²) >= 11 is 1.63. The lowest BCUT2D eigenvalue weighted by Crippen LogP contribution is -2.20. The van der Waals surface area contributed by atoms with E-state index in [1.54, 1.807) is 11.8 Å². The fourth-order valence-corrected chi connectivity index (χ4v) is 1.18. The fourth-order valence-electron chi connectivity index (χ4n) is 0.862. The second kappa shape index (κ2) is 5.82. The Labute approximate surface area is 88.7 Å². The van der Waals surface area contributed by atoms with Crippen molar-refractivity contribution in [1.29, 1.82) is 0 Å². The number of hydrogen-bond acceptors (Lipinski definition) is 5. The summed E-state index contributed by atoms with van der Waals surface area (Å²) in [6.07, 6.45) is 5.63. The minimum Gasteiger partial charge on any atom is -0.354 e. The van der Waals surface area contributed by atoms with Crippen molar-refractivity contribution in [2.75, 3.05) is 24.7 Å². The molecule has 0 unspecified atom stereocenters. The molecule has 14 heavy (non-hydrogen) atoms. The Bertz CT molecular complexity index is 262. The first-order chi connectivity index (χ1) is 6.76. The number of rotatable bonds is 5. The second-order valence-corrected chi connectivity index (χ2v) is 4.05. The Balaban J connectivity index is 2.43. The van der Waals surface area contributed by atoms with E-state index in [1.165, 1.54) is 0 Å². The molecule has 0 radical (unpaired) electrons. The molecule has 3 N–H and O–H groups in total. The number of nitrogens with zero attached hydrogens (tertiary/aromatic N) is 2. The molecule has 0 aliphatic carbocycles. The largest absolute Gasteiger partial charge is 0.354 e. The summed E-state index contributed by atoms with van der Waals surface area (Å²) in [5.41, 5.74) is 5.50. The van der Waals surface area contributed by atoms with Crippen LogP contribution in [-0.2, 0) is 0 Å². The molecule has 0 fully saturated rings. The van der Waals surface area contributed by atoms with Gasteiger partial charge in [-0.05, 0) is 18.7 Å². The molecule has 0 spiro atoms. The van der Waals surface area contributed by atoms with E-state index < -0.39 is 0 Å². The second-order valence-electron chi connectivity index (χ2n) is 3.17. The van der Waals surface area contributed by atoms with E-state index in [9.17, 15) is 0 Å². The lowest BCUT2D eigenvalue weighted by molar-refractivity contribution is 0.625. The third-order valence-corrected chi connectivity index (χ3v) is 2.56. The maximum atomic E-state index is 5.50. The Hall–Kier alpha value is -0.810. The van der Waals surface area contributed by atoms with E-state index in [-0.39, 0.29) is 0 Å². The molecule has 1 aromatic rings. The summed E-state index contributed by atoms with van der Waals surface area (Å²) in [4.78, 5) is 9.42. The van der Waals surface area contributed by atoms with Crippen LogP contribution in [0.15, 0.2) is 17.3 Å². The van der Waals surface area contributed by atoms with Gasteiger partial charge in [0.25, 0.3) is 0 Å². The molecular weight excluding hydrogens is 196 g/mol. The minimum absolute atomic E-state index is 0.443. The van der Waals surface area contributed by atoms with Crippen molar-refractivity contribution < 1.29 is 0 Å². The highest BCUT2D eigenvalue weighted by molar-refractivity contribution is 7.98. The Kier molecular flexibility index (Phi) is 4.69. The topological polar surface area (TPSA) is 63.8 Å². The van der Waals surface area contributed by atoms with Gasteiger partial charge in [-0.2, -0.15) is 0 Å². The van der Waals surface area contributed by atoms with Crippen LogP contribution in [0.2, 0.25) is 0 Å². The molecule has 0 aliphatic heterocycles. The molecule has 1 heterocycles. The van der Waals surface area contributed by atoms with Crippen molar-refractivity contribution in [3.05, 3.63) is 12.4 Å². The van der Waals surface area contributed by atoms with Crippen molar-refractivity contribution in [2.24, 2.45) is 11.7 Å². The average Bonchev–Trinajstić information content (AvgIpc) is 2.26. The van der Waals surface area contributed by atoms with E-state index in [0.717, 1.165) is 11.4 Å². The molecule has 0 saturated carbocycles. The molecule has 1 rings (SSSR count). The number of nitrogens with two attached hydrogens (primary N) is 1. The molecular formula is C9H16N4S. The van der Waals surface area contributed by atoms with E-state index in [4.69, 9.17) is 5.73 Å². The molecule has 78 valence electrons. The standard InChI is InChI=1S/C9H16N4S/c1-7(3-10)4-11-9-12-5-8(14-2)6-13-9/h5-7H,3-4,10H2,1-2H3,(H,11,12,13)/t7-/m1/s1. The maximum absolute atomic E-state index is 5.50. The zero-order chi connectivity index (χ0) is 10.4. The SMILES string of the molecule is CSc1cnc(NC[C@H](C)CN)nc1. The van der Waals surface area contributed by atoms with Crippen LogP contribution in [-0.4, -0.2) is 29.3 Å². The van der Waals surface area contributed by atoms with Crippen molar-refractivity contribution in [3.8, 4) is 0 Å². The first-order valence-electron chi connectivity index (χ1n) is 4.56. The Morgan fingerprint density at radius 3 is 2.64 bits per heavy atom. The number of anilines is 1. The van der Waals surface area contributed by atoms with Gasteiger partial charge < -0.3 is 11.1 Å². The van der Waals surface area contributed by atoms with Gasteiger partial charge in [0.2, 0.25) is 5.95 Å². The molecule has 1 atom stereocenters. The summed E-state index contributed by atoms with van der Waals surface area (Å²) in [5.74, 6) is 1.11. The lowest BCUT2D eigenvalue weighted by Gasteiger charge is -2.09. The van der Waals surface area contributed by atoms with Gasteiger partial charge in [-0.1, -0.05) is 6.92 Å². The fraction of sp³-hybridized carbons (Fsp3) is 0.556. The van der Waals surface area contributed by atoms with Crippen LogP contribution in [0.4, 0.5) is 5.95 Å². The van der Waals surface area contributed by atoms with E-state index >= 15 is 0 Å². The third kappa shape index (κ3) is 3.51. The van der Waals surface area contributed by atoms with Crippen molar-refractivity contribution in [3.63, 3.8) is 0 Å². The monoisotopic (exact) mass is 212 g/mol. The predicted octanol–water partition coefficient (Wildman–Crippen LogP) is 1.21. The van der Waals surface area contributed by atoms with Gasteiger partial charge >= 0.3 is 0 Å². The number of nitrogens with one attached hydrogen (secondary N) is 1. The molecule has 4 nitrogen and oxygen atoms in total. The predicted molar refractivity (Wildman–Crippen MR) is 60.5 cm³/mol. The Morgan fingerprint density at radius 1 is 1.50 bits per heavy atom. The molecule has 0 aromatic carbocycles. The van der Waals surface area contributed by atoms with Crippen LogP contribution < -0.4 is 11.1 Å². The van der Waals surface area contributed by atoms with E-state index in [1.807, 2.05) is 18.6 Å². The van der Waals surface area contributed by atoms with Gasteiger partial charge in [-0.15, -0.1) is 11.8 Å². The van der Waals surface area contributed by atoms with Crippen LogP contribution in [0, 0.1) is 5.92 Å². The highest BCUT2D eigenvalue weighted by Crippen LogP contribution is 2.11. The molecule has 0 amide bonds. The Morgan fingerprint density at radius 2 is 2.14 bits per heavy atom. The van der Waals surface area contributed by atoms with Crippen molar-refractivity contribution in [1.82, 2.24) is 9.97 Å². The van der Waals surface area contributed by atoms with Gasteiger partial charge in [0, 0.05) is 23.8 Å². The van der Waals surface area contributed by atoms with Crippen LogP contribution in [0.3, 0.4) is 0 Å². The number of aromatic nitrogens is 2. The van der Waals surface area contributed by atoms with Crippen LogP contribution in [0.25, 0.3) is 0 Å². The molecule has 0 saturated heterocycles. The van der Waals surface area contributed by atoms with Gasteiger partial charge in [-0.3, -0.25) is 0 Å². The average molecular weight is 212 g/mol. The first kappa shape index (κ1) is 11.3. The minimum atomic E-state index is 0.443. The van der Waals surface area contributed by atoms with Crippen LogP contribution in [0.1, 0.15) is 6.92 Å². The summed E-state index contributed by atoms with van der Waals surface area (Å²) in [5, 5.41) is 3.14. The normalized spacial score (nSPS) is 12.5. The van der Waals surface area contributed by atoms with Crippen molar-refractivity contribution in [2.45, 2.75) is 11.8 Å². The van der Waals surface area contributed by atoms with Gasteiger partial charge in [0.1, 0.15) is 0 Å². The third-order valence-electron chi connectivity index (χ3n) is 1.87. The van der Waals surface area contributed by atoms with Crippen molar-refractivity contribution >= 4 is 17.7 Å². The number of hydrogen-bond donors (Lipinski definition) is 2. The van der Waals surface area contributed by atoms with Crippen LogP contribution >= 0.6 is 11.8 Å². The zero-order valence-corrected chi connectivity index (χ0v) is 9.34. The maximum Gasteiger partial charge on any atom is 0.222 e. The molecule has 0 aliphatic rings. The summed E-state index contributed by atoms with van der Waals surface area (Å²) < 4.78 is 0. The van der Waals surface area contributed by atoms with E-state index in [2.05, 4.69) is 22.2 Å². The summed E-state index contributed by atoms with van der Waals surface area (Å²) in [6, 6.07) is 0. The van der Waals surface area contributed by atoms with Gasteiger partial charge in [0.15, 0.2) is 0 Å².